The molecule has 1 atom stereocenters. The number of amides is 2. The molecule has 1 aromatic rings. The smallest absolute Gasteiger partial charge is 0.233 e. The van der Waals surface area contributed by atoms with E-state index in [2.05, 4.69) is 10.6 Å². The molecule has 0 aromatic heterocycles. The van der Waals surface area contributed by atoms with Gasteiger partial charge in [0.2, 0.25) is 11.8 Å². The second-order valence-corrected chi connectivity index (χ2v) is 5.26. The van der Waals surface area contributed by atoms with Gasteiger partial charge in [-0.05, 0) is 39.3 Å². The summed E-state index contributed by atoms with van der Waals surface area (Å²) < 4.78 is 5.62. The van der Waals surface area contributed by atoms with Gasteiger partial charge in [0.1, 0.15) is 12.2 Å². The Bertz CT molecular complexity index is 486. The highest BCUT2D eigenvalue weighted by molar-refractivity contribution is 6.04. The van der Waals surface area contributed by atoms with Crippen LogP contribution in [0.4, 0.5) is 5.69 Å². The van der Waals surface area contributed by atoms with Crippen molar-refractivity contribution in [3.8, 4) is 5.75 Å². The van der Waals surface area contributed by atoms with Crippen molar-refractivity contribution in [2.75, 3.05) is 5.32 Å². The van der Waals surface area contributed by atoms with Crippen molar-refractivity contribution in [3.63, 3.8) is 0 Å². The number of anilines is 1. The molecule has 0 aliphatic rings. The van der Waals surface area contributed by atoms with E-state index in [1.54, 1.807) is 12.1 Å². The predicted octanol–water partition coefficient (Wildman–Crippen LogP) is 2.72. The molecule has 2 N–H and O–H groups in total. The fourth-order valence-electron chi connectivity index (χ4n) is 1.69. The molecular formula is C16H24N2O3. The standard InChI is InChI=1S/C16H24N2O3/c1-5-12(4)17-15(19)10-16(20)18-13-8-6-7-9-14(13)21-11(2)3/h6-9,11-12H,5,10H2,1-4H3,(H,17,19)(H,18,20). The predicted molar refractivity (Wildman–Crippen MR) is 83.3 cm³/mol. The van der Waals surface area contributed by atoms with E-state index in [1.807, 2.05) is 39.8 Å². The summed E-state index contributed by atoms with van der Waals surface area (Å²) in [5.74, 6) is -0.0251. The van der Waals surface area contributed by atoms with Gasteiger partial charge >= 0.3 is 0 Å². The molecule has 116 valence electrons. The van der Waals surface area contributed by atoms with Crippen LogP contribution >= 0.6 is 0 Å². The summed E-state index contributed by atoms with van der Waals surface area (Å²) in [5.41, 5.74) is 0.576. The summed E-state index contributed by atoms with van der Waals surface area (Å²) in [7, 11) is 0. The Kier molecular flexibility index (Phi) is 6.72. The number of benzene rings is 1. The zero-order valence-electron chi connectivity index (χ0n) is 13.1. The number of hydrogen-bond donors (Lipinski definition) is 2. The van der Waals surface area contributed by atoms with Crippen LogP contribution in [0.5, 0.6) is 5.75 Å². The van der Waals surface area contributed by atoms with Crippen molar-refractivity contribution in [2.24, 2.45) is 0 Å². The summed E-state index contributed by atoms with van der Waals surface area (Å²) in [6.45, 7) is 7.71. The number of carbonyl (C=O) groups is 2. The fraction of sp³-hybridized carbons (Fsp3) is 0.500. The first kappa shape index (κ1) is 17.0. The molecule has 1 aromatic carbocycles. The summed E-state index contributed by atoms with van der Waals surface area (Å²) >= 11 is 0. The molecule has 0 aliphatic carbocycles. The topological polar surface area (TPSA) is 67.4 Å². The van der Waals surface area contributed by atoms with Crippen molar-refractivity contribution in [2.45, 2.75) is 52.7 Å². The number of nitrogens with one attached hydrogen (secondary N) is 2. The van der Waals surface area contributed by atoms with Crippen LogP contribution in [0.2, 0.25) is 0 Å². The maximum absolute atomic E-state index is 11.9. The van der Waals surface area contributed by atoms with Gasteiger partial charge in [0, 0.05) is 6.04 Å². The number of rotatable bonds is 7. The normalized spacial score (nSPS) is 11.9. The van der Waals surface area contributed by atoms with Crippen LogP contribution in [-0.2, 0) is 9.59 Å². The van der Waals surface area contributed by atoms with Gasteiger partial charge in [-0.3, -0.25) is 9.59 Å². The lowest BCUT2D eigenvalue weighted by Gasteiger charge is -2.15. The average Bonchev–Trinajstić information content (AvgIpc) is 2.39. The minimum Gasteiger partial charge on any atom is -0.489 e. The molecule has 1 rings (SSSR count). The molecule has 0 saturated heterocycles. The SMILES string of the molecule is CCC(C)NC(=O)CC(=O)Nc1ccccc1OC(C)C. The molecule has 5 heteroatoms. The molecule has 1 unspecified atom stereocenters. The Labute approximate surface area is 126 Å². The van der Waals surface area contributed by atoms with E-state index in [-0.39, 0.29) is 30.4 Å². The van der Waals surface area contributed by atoms with Gasteiger partial charge in [-0.15, -0.1) is 0 Å². The summed E-state index contributed by atoms with van der Waals surface area (Å²) in [5, 5.41) is 5.48. The Morgan fingerprint density at radius 3 is 2.43 bits per heavy atom. The van der Waals surface area contributed by atoms with Gasteiger partial charge in [0.25, 0.3) is 0 Å². The van der Waals surface area contributed by atoms with Gasteiger partial charge in [-0.2, -0.15) is 0 Å². The van der Waals surface area contributed by atoms with Crippen molar-refractivity contribution < 1.29 is 14.3 Å². The second-order valence-electron chi connectivity index (χ2n) is 5.26. The first-order valence-corrected chi connectivity index (χ1v) is 7.27. The Morgan fingerprint density at radius 1 is 1.14 bits per heavy atom. The molecular weight excluding hydrogens is 268 g/mol. The highest BCUT2D eigenvalue weighted by atomic mass is 16.5. The highest BCUT2D eigenvalue weighted by Crippen LogP contribution is 2.24. The van der Waals surface area contributed by atoms with Gasteiger partial charge in [0.05, 0.1) is 11.8 Å². The van der Waals surface area contributed by atoms with E-state index in [0.717, 1.165) is 6.42 Å². The van der Waals surface area contributed by atoms with E-state index in [9.17, 15) is 9.59 Å². The molecule has 0 fully saturated rings. The largest absolute Gasteiger partial charge is 0.489 e. The quantitative estimate of drug-likeness (QED) is 0.759. The summed E-state index contributed by atoms with van der Waals surface area (Å²) in [4.78, 5) is 23.6. The first-order valence-electron chi connectivity index (χ1n) is 7.27. The minimum atomic E-state index is -0.351. The molecule has 0 heterocycles. The molecule has 0 radical (unpaired) electrons. The summed E-state index contributed by atoms with van der Waals surface area (Å²) in [6, 6.07) is 7.25. The first-order chi connectivity index (χ1) is 9.92. The van der Waals surface area contributed by atoms with Crippen molar-refractivity contribution in [1.29, 1.82) is 0 Å². The van der Waals surface area contributed by atoms with Crippen LogP contribution in [0.25, 0.3) is 0 Å². The third kappa shape index (κ3) is 6.29. The zero-order valence-corrected chi connectivity index (χ0v) is 13.1. The molecule has 0 spiro atoms. The minimum absolute atomic E-state index is 0.0109. The lowest BCUT2D eigenvalue weighted by atomic mass is 10.2. The highest BCUT2D eigenvalue weighted by Gasteiger charge is 2.13. The molecule has 5 nitrogen and oxygen atoms in total. The van der Waals surface area contributed by atoms with Gasteiger partial charge in [-0.1, -0.05) is 19.1 Å². The van der Waals surface area contributed by atoms with E-state index >= 15 is 0 Å². The zero-order chi connectivity index (χ0) is 15.8. The molecule has 0 bridgehead atoms. The van der Waals surface area contributed by atoms with E-state index in [0.29, 0.717) is 11.4 Å². The Balaban J connectivity index is 2.60. The lowest BCUT2D eigenvalue weighted by molar-refractivity contribution is -0.127. The number of para-hydroxylation sites is 2. The third-order valence-corrected chi connectivity index (χ3v) is 2.86. The molecule has 21 heavy (non-hydrogen) atoms. The van der Waals surface area contributed by atoms with E-state index in [1.165, 1.54) is 0 Å². The van der Waals surface area contributed by atoms with Crippen LogP contribution in [-0.4, -0.2) is 24.0 Å². The molecule has 0 saturated carbocycles. The van der Waals surface area contributed by atoms with Crippen LogP contribution in [0.15, 0.2) is 24.3 Å². The Hall–Kier alpha value is -2.04. The number of hydrogen-bond acceptors (Lipinski definition) is 3. The second kappa shape index (κ2) is 8.29. The van der Waals surface area contributed by atoms with Gasteiger partial charge in [0.15, 0.2) is 0 Å². The van der Waals surface area contributed by atoms with E-state index in [4.69, 9.17) is 4.74 Å². The van der Waals surface area contributed by atoms with Crippen molar-refractivity contribution in [1.82, 2.24) is 5.32 Å². The fourth-order valence-corrected chi connectivity index (χ4v) is 1.69. The van der Waals surface area contributed by atoms with Gasteiger partial charge in [-0.25, -0.2) is 0 Å². The maximum atomic E-state index is 11.9. The monoisotopic (exact) mass is 292 g/mol. The van der Waals surface area contributed by atoms with Crippen molar-refractivity contribution in [3.05, 3.63) is 24.3 Å². The molecule has 2 amide bonds. The number of carbonyl (C=O) groups excluding carboxylic acids is 2. The third-order valence-electron chi connectivity index (χ3n) is 2.86. The number of ether oxygens (including phenoxy) is 1. The van der Waals surface area contributed by atoms with Crippen molar-refractivity contribution >= 4 is 17.5 Å². The van der Waals surface area contributed by atoms with Crippen LogP contribution < -0.4 is 15.4 Å². The van der Waals surface area contributed by atoms with Crippen LogP contribution in [0.3, 0.4) is 0 Å². The van der Waals surface area contributed by atoms with Gasteiger partial charge < -0.3 is 15.4 Å². The summed E-state index contributed by atoms with van der Waals surface area (Å²) in [6.07, 6.45) is 0.649. The molecule has 0 aliphatic heterocycles. The van der Waals surface area contributed by atoms with E-state index < -0.39 is 0 Å². The average molecular weight is 292 g/mol. The van der Waals surface area contributed by atoms with Crippen LogP contribution in [0.1, 0.15) is 40.5 Å². The Morgan fingerprint density at radius 2 is 1.81 bits per heavy atom. The lowest BCUT2D eigenvalue weighted by Crippen LogP contribution is -2.34. The maximum Gasteiger partial charge on any atom is 0.233 e. The van der Waals surface area contributed by atoms with Crippen LogP contribution in [0, 0.1) is 0 Å².